The third kappa shape index (κ3) is 3.39. The summed E-state index contributed by atoms with van der Waals surface area (Å²) in [6, 6.07) is 3.60. The minimum atomic E-state index is -0.283. The normalized spacial score (nSPS) is 25.2. The largest absolute Gasteiger partial charge is 0.393 e. The van der Waals surface area contributed by atoms with Gasteiger partial charge in [-0.3, -0.25) is 9.59 Å². The lowest BCUT2D eigenvalue weighted by molar-refractivity contribution is 0.0725. The number of aliphatic hydroxyl groups is 1. The van der Waals surface area contributed by atoms with Gasteiger partial charge < -0.3 is 19.1 Å². The molecule has 150 valence electrons. The van der Waals surface area contributed by atoms with E-state index in [9.17, 15) is 14.7 Å². The maximum Gasteiger partial charge on any atom is 0.263 e. The maximum atomic E-state index is 13.4. The van der Waals surface area contributed by atoms with Gasteiger partial charge in [-0.2, -0.15) is 0 Å². The molecule has 1 unspecified atom stereocenters. The number of likely N-dealkylation sites (tertiary alicyclic amines) is 1. The highest BCUT2D eigenvalue weighted by atomic mass is 16.5. The topological polar surface area (TPSA) is 88.6 Å². The van der Waals surface area contributed by atoms with Crippen LogP contribution < -0.4 is 5.56 Å². The maximum absolute atomic E-state index is 13.4. The fraction of sp³-hybridized carbons (Fsp3) is 0.571. The second kappa shape index (κ2) is 7.54. The average molecular weight is 385 g/mol. The minimum Gasteiger partial charge on any atom is -0.393 e. The standard InChI is InChI=1S/C21H27N3O4/c1-13-9-11-23(15-5-7-16(25)8-6-15)20(26)19(13)21(27)24-10-3-4-18(24)17-12-14(2)28-22-17/h9,11-12,15-16,18,25H,3-8,10H2,1-2H3. The van der Waals surface area contributed by atoms with Crippen molar-refractivity contribution in [1.82, 2.24) is 14.6 Å². The van der Waals surface area contributed by atoms with Crippen LogP contribution in [0.4, 0.5) is 0 Å². The predicted molar refractivity (Wildman–Crippen MR) is 103 cm³/mol. The van der Waals surface area contributed by atoms with Crippen LogP contribution in [0.3, 0.4) is 0 Å². The molecule has 1 amide bonds. The number of carbonyl (C=O) groups is 1. The summed E-state index contributed by atoms with van der Waals surface area (Å²) in [6.07, 6.45) is 6.09. The number of aliphatic hydroxyl groups excluding tert-OH is 1. The van der Waals surface area contributed by atoms with E-state index in [0.717, 1.165) is 31.4 Å². The molecular formula is C21H27N3O4. The first-order valence-corrected chi connectivity index (χ1v) is 10.1. The Kier molecular flexibility index (Phi) is 5.10. The molecule has 7 nitrogen and oxygen atoms in total. The van der Waals surface area contributed by atoms with Crippen molar-refractivity contribution in [3.05, 3.63) is 51.3 Å². The van der Waals surface area contributed by atoms with E-state index in [4.69, 9.17) is 4.52 Å². The molecule has 0 aromatic carbocycles. The lowest BCUT2D eigenvalue weighted by Crippen LogP contribution is -2.38. The van der Waals surface area contributed by atoms with Crippen molar-refractivity contribution in [3.63, 3.8) is 0 Å². The molecule has 3 heterocycles. The Morgan fingerprint density at radius 1 is 1.21 bits per heavy atom. The highest BCUT2D eigenvalue weighted by Gasteiger charge is 2.35. The number of pyridine rings is 1. The van der Waals surface area contributed by atoms with Crippen LogP contribution in [-0.2, 0) is 0 Å². The Hall–Kier alpha value is -2.41. The van der Waals surface area contributed by atoms with Gasteiger partial charge in [-0.05, 0) is 64.0 Å². The predicted octanol–water partition coefficient (Wildman–Crippen LogP) is 2.91. The van der Waals surface area contributed by atoms with E-state index in [-0.39, 0.29) is 35.2 Å². The van der Waals surface area contributed by atoms with Gasteiger partial charge >= 0.3 is 0 Å². The summed E-state index contributed by atoms with van der Waals surface area (Å²) in [5.41, 5.74) is 1.47. The van der Waals surface area contributed by atoms with Crippen LogP contribution in [0.25, 0.3) is 0 Å². The number of rotatable bonds is 3. The number of aromatic nitrogens is 2. The monoisotopic (exact) mass is 385 g/mol. The molecule has 1 atom stereocenters. The van der Waals surface area contributed by atoms with Crippen molar-refractivity contribution in [2.75, 3.05) is 6.54 Å². The number of nitrogens with zero attached hydrogens (tertiary/aromatic N) is 3. The quantitative estimate of drug-likeness (QED) is 0.878. The molecule has 2 fully saturated rings. The second-order valence-corrected chi connectivity index (χ2v) is 8.07. The van der Waals surface area contributed by atoms with Crippen LogP contribution in [0, 0.1) is 13.8 Å². The van der Waals surface area contributed by atoms with E-state index in [1.54, 1.807) is 15.7 Å². The van der Waals surface area contributed by atoms with Crippen molar-refractivity contribution in [1.29, 1.82) is 0 Å². The summed E-state index contributed by atoms with van der Waals surface area (Å²) in [5, 5.41) is 13.8. The van der Waals surface area contributed by atoms with Crippen LogP contribution in [0.1, 0.15) is 78.0 Å². The second-order valence-electron chi connectivity index (χ2n) is 8.07. The molecule has 28 heavy (non-hydrogen) atoms. The number of amides is 1. The van der Waals surface area contributed by atoms with Crippen molar-refractivity contribution in [3.8, 4) is 0 Å². The molecule has 2 aromatic rings. The van der Waals surface area contributed by atoms with E-state index >= 15 is 0 Å². The summed E-state index contributed by atoms with van der Waals surface area (Å²) in [6.45, 7) is 4.26. The van der Waals surface area contributed by atoms with E-state index in [2.05, 4.69) is 5.16 Å². The minimum absolute atomic E-state index is 0.0376. The molecule has 1 saturated heterocycles. The molecule has 1 aliphatic heterocycles. The third-order valence-corrected chi connectivity index (χ3v) is 6.10. The molecule has 7 heteroatoms. The third-order valence-electron chi connectivity index (χ3n) is 6.10. The zero-order valence-corrected chi connectivity index (χ0v) is 16.4. The molecule has 1 saturated carbocycles. The first kappa shape index (κ1) is 18.9. The lowest BCUT2D eigenvalue weighted by atomic mass is 9.92. The molecule has 4 rings (SSSR count). The number of hydrogen-bond acceptors (Lipinski definition) is 5. The molecule has 2 aromatic heterocycles. The Balaban J connectivity index is 1.65. The summed E-state index contributed by atoms with van der Waals surface area (Å²) < 4.78 is 6.88. The summed E-state index contributed by atoms with van der Waals surface area (Å²) >= 11 is 0. The molecule has 0 radical (unpaired) electrons. The number of aryl methyl sites for hydroxylation is 2. The first-order valence-electron chi connectivity index (χ1n) is 10.1. The van der Waals surface area contributed by atoms with E-state index < -0.39 is 0 Å². The molecule has 0 bridgehead atoms. The van der Waals surface area contributed by atoms with Crippen LogP contribution >= 0.6 is 0 Å². The Bertz CT molecular complexity index is 924. The van der Waals surface area contributed by atoms with E-state index in [0.29, 0.717) is 30.7 Å². The smallest absolute Gasteiger partial charge is 0.263 e. The van der Waals surface area contributed by atoms with Crippen LogP contribution in [0.2, 0.25) is 0 Å². The van der Waals surface area contributed by atoms with Gasteiger partial charge in [0.2, 0.25) is 0 Å². The number of hydrogen-bond donors (Lipinski definition) is 1. The van der Waals surface area contributed by atoms with E-state index in [1.807, 2.05) is 26.0 Å². The molecule has 0 spiro atoms. The Morgan fingerprint density at radius 2 is 1.96 bits per heavy atom. The van der Waals surface area contributed by atoms with Gasteiger partial charge in [0.1, 0.15) is 17.0 Å². The van der Waals surface area contributed by atoms with Gasteiger partial charge in [-0.15, -0.1) is 0 Å². The van der Waals surface area contributed by atoms with Crippen molar-refractivity contribution < 1.29 is 14.4 Å². The van der Waals surface area contributed by atoms with Gasteiger partial charge in [0.15, 0.2) is 0 Å². The fourth-order valence-corrected chi connectivity index (χ4v) is 4.53. The van der Waals surface area contributed by atoms with Gasteiger partial charge in [0.05, 0.1) is 12.1 Å². The summed E-state index contributed by atoms with van der Waals surface area (Å²) in [4.78, 5) is 28.4. The first-order chi connectivity index (χ1) is 13.5. The zero-order valence-electron chi connectivity index (χ0n) is 16.4. The highest BCUT2D eigenvalue weighted by Crippen LogP contribution is 2.33. The highest BCUT2D eigenvalue weighted by molar-refractivity contribution is 5.95. The Morgan fingerprint density at radius 3 is 2.64 bits per heavy atom. The lowest BCUT2D eigenvalue weighted by Gasteiger charge is -2.28. The average Bonchev–Trinajstić information content (AvgIpc) is 3.31. The van der Waals surface area contributed by atoms with Gasteiger partial charge in [-0.25, -0.2) is 0 Å². The van der Waals surface area contributed by atoms with Crippen LogP contribution in [0.15, 0.2) is 27.6 Å². The fourth-order valence-electron chi connectivity index (χ4n) is 4.53. The van der Waals surface area contributed by atoms with Gasteiger partial charge in [0.25, 0.3) is 11.5 Å². The zero-order chi connectivity index (χ0) is 19.8. The SMILES string of the molecule is Cc1cc(C2CCCN2C(=O)c2c(C)ccn(C3CCC(O)CC3)c2=O)no1. The molecular weight excluding hydrogens is 358 g/mol. The summed E-state index contributed by atoms with van der Waals surface area (Å²) in [5.74, 6) is 0.489. The van der Waals surface area contributed by atoms with E-state index in [1.165, 1.54) is 0 Å². The van der Waals surface area contributed by atoms with Gasteiger partial charge in [-0.1, -0.05) is 5.16 Å². The van der Waals surface area contributed by atoms with Crippen LogP contribution in [0.5, 0.6) is 0 Å². The van der Waals surface area contributed by atoms with Crippen molar-refractivity contribution in [2.24, 2.45) is 0 Å². The van der Waals surface area contributed by atoms with Crippen LogP contribution in [-0.4, -0.2) is 38.3 Å². The molecule has 2 aliphatic rings. The van der Waals surface area contributed by atoms with Crippen molar-refractivity contribution in [2.45, 2.75) is 70.6 Å². The summed E-state index contributed by atoms with van der Waals surface area (Å²) in [7, 11) is 0. The number of carbonyl (C=O) groups excluding carboxylic acids is 1. The Labute approximate surface area is 163 Å². The van der Waals surface area contributed by atoms with Crippen molar-refractivity contribution >= 4 is 5.91 Å². The molecule has 1 N–H and O–H groups in total. The molecule has 1 aliphatic carbocycles. The van der Waals surface area contributed by atoms with Gasteiger partial charge in [0, 0.05) is 24.8 Å².